The number of nitrogens with two attached hydrogens (primary N) is 1. The Morgan fingerprint density at radius 1 is 1.09 bits per heavy atom. The number of aromatic nitrogens is 3. The summed E-state index contributed by atoms with van der Waals surface area (Å²) in [5.41, 5.74) is 13.3. The van der Waals surface area contributed by atoms with Crippen LogP contribution in [0.3, 0.4) is 0 Å². The second-order valence-electron chi connectivity index (χ2n) is 5.67. The third-order valence-electron chi connectivity index (χ3n) is 4.18. The van der Waals surface area contributed by atoms with E-state index in [2.05, 4.69) is 48.1 Å². The van der Waals surface area contributed by atoms with Gasteiger partial charge in [0.2, 0.25) is 0 Å². The number of pyridine rings is 1. The van der Waals surface area contributed by atoms with Crippen molar-refractivity contribution in [3.63, 3.8) is 0 Å². The van der Waals surface area contributed by atoms with Gasteiger partial charge in [-0.25, -0.2) is 9.97 Å². The molecule has 2 heterocycles. The number of benzene rings is 1. The molecule has 2 aromatic heterocycles. The van der Waals surface area contributed by atoms with Crippen molar-refractivity contribution in [1.82, 2.24) is 15.0 Å². The van der Waals surface area contributed by atoms with Crippen LogP contribution in [-0.2, 0) is 12.8 Å². The SMILES string of the molecule is CCc1nc2c(-c3ccc(CCN)cc3)c(C)c(C)nc2[nH]1. The smallest absolute Gasteiger partial charge is 0.158 e. The Labute approximate surface area is 130 Å². The van der Waals surface area contributed by atoms with Crippen molar-refractivity contribution in [2.75, 3.05) is 6.54 Å². The summed E-state index contributed by atoms with van der Waals surface area (Å²) in [6.45, 7) is 6.94. The van der Waals surface area contributed by atoms with E-state index in [9.17, 15) is 0 Å². The molecule has 4 heteroatoms. The Morgan fingerprint density at radius 3 is 2.45 bits per heavy atom. The van der Waals surface area contributed by atoms with Crippen LogP contribution in [0.1, 0.15) is 29.6 Å². The first-order valence-electron chi connectivity index (χ1n) is 7.79. The molecule has 0 unspecified atom stereocenters. The molecule has 0 atom stereocenters. The van der Waals surface area contributed by atoms with Gasteiger partial charge in [-0.2, -0.15) is 0 Å². The predicted octanol–water partition coefficient (Wildman–Crippen LogP) is 3.31. The van der Waals surface area contributed by atoms with Gasteiger partial charge in [-0.1, -0.05) is 31.2 Å². The fraction of sp³-hybridized carbons (Fsp3) is 0.333. The van der Waals surface area contributed by atoms with Gasteiger partial charge in [0.25, 0.3) is 0 Å². The molecule has 0 radical (unpaired) electrons. The first-order chi connectivity index (χ1) is 10.6. The number of nitrogens with zero attached hydrogens (tertiary/aromatic N) is 2. The number of hydrogen-bond acceptors (Lipinski definition) is 3. The molecule has 3 N–H and O–H groups in total. The maximum atomic E-state index is 5.62. The molecule has 3 aromatic rings. The molecule has 22 heavy (non-hydrogen) atoms. The summed E-state index contributed by atoms with van der Waals surface area (Å²) >= 11 is 0. The number of nitrogens with one attached hydrogen (secondary N) is 1. The number of rotatable bonds is 4. The molecule has 1 aromatic carbocycles. The molecule has 0 fully saturated rings. The highest BCUT2D eigenvalue weighted by molar-refractivity contribution is 5.92. The van der Waals surface area contributed by atoms with Crippen molar-refractivity contribution in [2.24, 2.45) is 5.73 Å². The highest BCUT2D eigenvalue weighted by atomic mass is 15.0. The first-order valence-corrected chi connectivity index (χ1v) is 7.79. The number of imidazole rings is 1. The maximum Gasteiger partial charge on any atom is 0.158 e. The Morgan fingerprint density at radius 2 is 1.82 bits per heavy atom. The minimum absolute atomic E-state index is 0.677. The second kappa shape index (κ2) is 5.89. The number of fused-ring (bicyclic) bond motifs is 1. The lowest BCUT2D eigenvalue weighted by atomic mass is 9.97. The number of aryl methyl sites for hydroxylation is 2. The van der Waals surface area contributed by atoms with Crippen molar-refractivity contribution in [3.05, 3.63) is 46.9 Å². The molecule has 4 nitrogen and oxygen atoms in total. The lowest BCUT2D eigenvalue weighted by molar-refractivity contribution is 0.969. The van der Waals surface area contributed by atoms with E-state index in [1.165, 1.54) is 22.3 Å². The summed E-state index contributed by atoms with van der Waals surface area (Å²) in [5.74, 6) is 0.980. The van der Waals surface area contributed by atoms with Crippen LogP contribution in [0.5, 0.6) is 0 Å². The average Bonchev–Trinajstić information content (AvgIpc) is 2.92. The van der Waals surface area contributed by atoms with Gasteiger partial charge in [0.15, 0.2) is 5.65 Å². The fourth-order valence-corrected chi connectivity index (χ4v) is 2.80. The van der Waals surface area contributed by atoms with Gasteiger partial charge in [0.1, 0.15) is 11.3 Å². The molecule has 114 valence electrons. The molecule has 0 aliphatic rings. The zero-order valence-corrected chi connectivity index (χ0v) is 13.4. The largest absolute Gasteiger partial charge is 0.330 e. The molecule has 0 bridgehead atoms. The van der Waals surface area contributed by atoms with E-state index in [-0.39, 0.29) is 0 Å². The van der Waals surface area contributed by atoms with Crippen molar-refractivity contribution >= 4 is 11.2 Å². The average molecular weight is 294 g/mol. The molecular formula is C18H22N4. The highest BCUT2D eigenvalue weighted by Crippen LogP contribution is 2.31. The summed E-state index contributed by atoms with van der Waals surface area (Å²) in [6, 6.07) is 8.62. The third kappa shape index (κ3) is 2.50. The van der Waals surface area contributed by atoms with Crippen LogP contribution in [0.25, 0.3) is 22.3 Å². The lowest BCUT2D eigenvalue weighted by Crippen LogP contribution is -2.02. The van der Waals surface area contributed by atoms with Gasteiger partial charge < -0.3 is 10.7 Å². The highest BCUT2D eigenvalue weighted by Gasteiger charge is 2.15. The van der Waals surface area contributed by atoms with Gasteiger partial charge in [0.05, 0.1) is 0 Å². The van der Waals surface area contributed by atoms with E-state index in [1.54, 1.807) is 0 Å². The van der Waals surface area contributed by atoms with E-state index in [0.29, 0.717) is 6.54 Å². The zero-order chi connectivity index (χ0) is 15.7. The Hall–Kier alpha value is -2.20. The number of aromatic amines is 1. The fourth-order valence-electron chi connectivity index (χ4n) is 2.80. The molecule has 0 saturated heterocycles. The van der Waals surface area contributed by atoms with Crippen LogP contribution in [0.4, 0.5) is 0 Å². The van der Waals surface area contributed by atoms with Crippen LogP contribution in [0, 0.1) is 13.8 Å². The van der Waals surface area contributed by atoms with E-state index >= 15 is 0 Å². The van der Waals surface area contributed by atoms with Gasteiger partial charge in [0, 0.05) is 17.7 Å². The number of H-pyrrole nitrogens is 1. The van der Waals surface area contributed by atoms with E-state index in [1.807, 2.05) is 6.92 Å². The zero-order valence-electron chi connectivity index (χ0n) is 13.4. The van der Waals surface area contributed by atoms with Crippen LogP contribution < -0.4 is 5.73 Å². The Bertz CT molecular complexity index is 800. The third-order valence-corrected chi connectivity index (χ3v) is 4.18. The van der Waals surface area contributed by atoms with Crippen LogP contribution in [0.2, 0.25) is 0 Å². The van der Waals surface area contributed by atoms with Crippen molar-refractivity contribution in [1.29, 1.82) is 0 Å². The molecule has 0 aliphatic carbocycles. The minimum atomic E-state index is 0.677. The quantitative estimate of drug-likeness (QED) is 0.775. The van der Waals surface area contributed by atoms with Crippen LogP contribution in [0.15, 0.2) is 24.3 Å². The van der Waals surface area contributed by atoms with Gasteiger partial charge >= 0.3 is 0 Å². The standard InChI is InChI=1S/C18H22N4/c1-4-15-21-17-16(11(2)12(3)20-18(17)22-15)14-7-5-13(6-8-14)9-10-19/h5-8H,4,9-10,19H2,1-3H3,(H,20,21,22). The van der Waals surface area contributed by atoms with E-state index in [0.717, 1.165) is 35.5 Å². The molecule has 3 rings (SSSR count). The normalized spacial score (nSPS) is 11.3. The van der Waals surface area contributed by atoms with Gasteiger partial charge in [-0.15, -0.1) is 0 Å². The van der Waals surface area contributed by atoms with Gasteiger partial charge in [-0.3, -0.25) is 0 Å². The molecule has 0 aliphatic heterocycles. The minimum Gasteiger partial charge on any atom is -0.330 e. The summed E-state index contributed by atoms with van der Waals surface area (Å²) in [5, 5.41) is 0. The molecular weight excluding hydrogens is 272 g/mol. The Balaban J connectivity index is 2.19. The number of hydrogen-bond donors (Lipinski definition) is 2. The first kappa shape index (κ1) is 14.7. The predicted molar refractivity (Wildman–Crippen MR) is 90.9 cm³/mol. The summed E-state index contributed by atoms with van der Waals surface area (Å²) in [7, 11) is 0. The summed E-state index contributed by atoms with van der Waals surface area (Å²) in [4.78, 5) is 12.7. The lowest BCUT2D eigenvalue weighted by Gasteiger charge is -2.10. The summed E-state index contributed by atoms with van der Waals surface area (Å²) in [6.07, 6.45) is 1.79. The monoisotopic (exact) mass is 294 g/mol. The van der Waals surface area contributed by atoms with E-state index < -0.39 is 0 Å². The second-order valence-corrected chi connectivity index (χ2v) is 5.67. The Kier molecular flexibility index (Phi) is 3.94. The van der Waals surface area contributed by atoms with Crippen LogP contribution in [-0.4, -0.2) is 21.5 Å². The van der Waals surface area contributed by atoms with Crippen molar-refractivity contribution in [3.8, 4) is 11.1 Å². The molecule has 0 saturated carbocycles. The van der Waals surface area contributed by atoms with E-state index in [4.69, 9.17) is 10.7 Å². The van der Waals surface area contributed by atoms with Gasteiger partial charge in [-0.05, 0) is 43.5 Å². The van der Waals surface area contributed by atoms with Crippen molar-refractivity contribution in [2.45, 2.75) is 33.6 Å². The van der Waals surface area contributed by atoms with Crippen LogP contribution >= 0.6 is 0 Å². The maximum absolute atomic E-state index is 5.62. The summed E-state index contributed by atoms with van der Waals surface area (Å²) < 4.78 is 0. The topological polar surface area (TPSA) is 67.6 Å². The molecule has 0 amide bonds. The molecule has 0 spiro atoms. The van der Waals surface area contributed by atoms with Crippen molar-refractivity contribution < 1.29 is 0 Å².